The van der Waals surface area contributed by atoms with Gasteiger partial charge in [-0.1, -0.05) is 26.0 Å². The van der Waals surface area contributed by atoms with Crippen LogP contribution < -0.4 is 10.1 Å². The largest absolute Gasteiger partial charge is 0.479 e. The highest BCUT2D eigenvalue weighted by Gasteiger charge is 2.32. The molecule has 1 amide bonds. The van der Waals surface area contributed by atoms with Crippen molar-refractivity contribution in [2.75, 3.05) is 26.7 Å². The summed E-state index contributed by atoms with van der Waals surface area (Å²) in [5, 5.41) is 3.22. The van der Waals surface area contributed by atoms with E-state index in [1.165, 1.54) is 6.42 Å². The van der Waals surface area contributed by atoms with Crippen molar-refractivity contribution in [2.45, 2.75) is 32.8 Å². The van der Waals surface area contributed by atoms with E-state index in [1.54, 1.807) is 0 Å². The summed E-state index contributed by atoms with van der Waals surface area (Å²) >= 11 is 3.49. The third-order valence-electron chi connectivity index (χ3n) is 4.26. The number of rotatable bonds is 6. The van der Waals surface area contributed by atoms with Gasteiger partial charge in [0.05, 0.1) is 4.47 Å². The zero-order chi connectivity index (χ0) is 16.8. The van der Waals surface area contributed by atoms with E-state index in [4.69, 9.17) is 4.74 Å². The normalized spacial score (nSPS) is 19.7. The van der Waals surface area contributed by atoms with E-state index in [-0.39, 0.29) is 11.8 Å². The molecule has 128 valence electrons. The van der Waals surface area contributed by atoms with E-state index < -0.39 is 6.10 Å². The van der Waals surface area contributed by atoms with Crippen molar-refractivity contribution in [2.24, 2.45) is 11.8 Å². The average Bonchev–Trinajstić information content (AvgIpc) is 2.54. The van der Waals surface area contributed by atoms with Crippen LogP contribution in [0.15, 0.2) is 28.7 Å². The molecule has 1 aromatic carbocycles. The van der Waals surface area contributed by atoms with E-state index >= 15 is 0 Å². The fourth-order valence-electron chi connectivity index (χ4n) is 3.05. The number of hydrogen-bond donors (Lipinski definition) is 1. The number of carbonyl (C=O) groups is 1. The molecule has 0 saturated carbocycles. The molecule has 1 aliphatic heterocycles. The van der Waals surface area contributed by atoms with Crippen LogP contribution in [0.5, 0.6) is 5.75 Å². The molecular formula is C18H27BrN2O2. The maximum atomic E-state index is 13.0. The molecule has 2 rings (SSSR count). The first-order valence-corrected chi connectivity index (χ1v) is 9.16. The topological polar surface area (TPSA) is 41.6 Å². The first-order chi connectivity index (χ1) is 11.0. The zero-order valence-electron chi connectivity index (χ0n) is 14.2. The Kier molecular flexibility index (Phi) is 6.90. The minimum atomic E-state index is -0.443. The first kappa shape index (κ1) is 18.3. The van der Waals surface area contributed by atoms with Crippen LogP contribution in [0.25, 0.3) is 0 Å². The van der Waals surface area contributed by atoms with Gasteiger partial charge in [0, 0.05) is 13.1 Å². The highest BCUT2D eigenvalue weighted by atomic mass is 79.9. The second-order valence-electron chi connectivity index (χ2n) is 6.56. The number of nitrogens with zero attached hydrogens (tertiary/aromatic N) is 1. The van der Waals surface area contributed by atoms with Crippen LogP contribution in [0, 0.1) is 11.8 Å². The van der Waals surface area contributed by atoms with Gasteiger partial charge in [0.15, 0.2) is 6.10 Å². The number of nitrogens with one attached hydrogen (secondary N) is 1. The summed E-state index contributed by atoms with van der Waals surface area (Å²) in [5.41, 5.74) is 0. The van der Waals surface area contributed by atoms with Crippen molar-refractivity contribution < 1.29 is 9.53 Å². The maximum absolute atomic E-state index is 13.0. The van der Waals surface area contributed by atoms with Crippen LogP contribution in [0.2, 0.25) is 0 Å². The Labute approximate surface area is 147 Å². The molecule has 1 heterocycles. The van der Waals surface area contributed by atoms with Crippen molar-refractivity contribution in [3.63, 3.8) is 0 Å². The molecule has 2 atom stereocenters. The first-order valence-electron chi connectivity index (χ1n) is 8.37. The van der Waals surface area contributed by atoms with Crippen LogP contribution >= 0.6 is 15.9 Å². The van der Waals surface area contributed by atoms with Crippen LogP contribution in [0.4, 0.5) is 0 Å². The summed E-state index contributed by atoms with van der Waals surface area (Å²) in [5.74, 6) is 1.49. The molecule has 1 fully saturated rings. The third-order valence-corrected chi connectivity index (χ3v) is 4.92. The molecule has 2 unspecified atom stereocenters. The van der Waals surface area contributed by atoms with Crippen LogP contribution in [0.1, 0.15) is 26.7 Å². The Morgan fingerprint density at radius 1 is 1.43 bits per heavy atom. The number of para-hydroxylation sites is 1. The van der Waals surface area contributed by atoms with Crippen molar-refractivity contribution in [3.05, 3.63) is 28.7 Å². The molecule has 0 aromatic heterocycles. The van der Waals surface area contributed by atoms with Gasteiger partial charge in [-0.05, 0) is 66.3 Å². The lowest BCUT2D eigenvalue weighted by molar-refractivity contribution is -0.142. The molecule has 23 heavy (non-hydrogen) atoms. The number of likely N-dealkylation sites (tertiary alicyclic amines) is 1. The smallest absolute Gasteiger partial charge is 0.263 e. The van der Waals surface area contributed by atoms with Gasteiger partial charge in [-0.3, -0.25) is 4.79 Å². The lowest BCUT2D eigenvalue weighted by atomic mass is 9.96. The third kappa shape index (κ3) is 4.95. The number of piperidine rings is 1. The molecule has 4 nitrogen and oxygen atoms in total. The molecule has 0 bridgehead atoms. The van der Waals surface area contributed by atoms with Gasteiger partial charge < -0.3 is 15.0 Å². The van der Waals surface area contributed by atoms with Crippen LogP contribution in [-0.2, 0) is 4.79 Å². The van der Waals surface area contributed by atoms with E-state index in [0.717, 1.165) is 36.3 Å². The predicted octanol–water partition coefficient (Wildman–Crippen LogP) is 3.31. The highest BCUT2D eigenvalue weighted by molar-refractivity contribution is 9.10. The van der Waals surface area contributed by atoms with Gasteiger partial charge in [-0.15, -0.1) is 0 Å². The number of hydrogen-bond acceptors (Lipinski definition) is 3. The van der Waals surface area contributed by atoms with Crippen LogP contribution in [0.3, 0.4) is 0 Å². The zero-order valence-corrected chi connectivity index (χ0v) is 15.8. The Balaban J connectivity index is 2.08. The van der Waals surface area contributed by atoms with E-state index in [0.29, 0.717) is 5.92 Å². The second-order valence-corrected chi connectivity index (χ2v) is 7.42. The van der Waals surface area contributed by atoms with Crippen molar-refractivity contribution >= 4 is 21.8 Å². The second kappa shape index (κ2) is 8.69. The summed E-state index contributed by atoms with van der Waals surface area (Å²) in [6, 6.07) is 7.69. The van der Waals surface area contributed by atoms with Crippen LogP contribution in [-0.4, -0.2) is 43.6 Å². The number of benzene rings is 1. The number of amides is 1. The molecule has 1 N–H and O–H groups in total. The molecule has 0 aliphatic carbocycles. The van der Waals surface area contributed by atoms with E-state index in [9.17, 15) is 4.79 Å². The minimum absolute atomic E-state index is 0.108. The van der Waals surface area contributed by atoms with Gasteiger partial charge >= 0.3 is 0 Å². The lowest BCUT2D eigenvalue weighted by Gasteiger charge is -2.36. The SMILES string of the molecule is CNCC1CCCN(C(=O)C(Oc2ccccc2Br)C(C)C)C1. The summed E-state index contributed by atoms with van der Waals surface area (Å²) in [6.45, 7) is 6.69. The fraction of sp³-hybridized carbons (Fsp3) is 0.611. The molecule has 1 aliphatic rings. The van der Waals surface area contributed by atoms with E-state index in [1.807, 2.05) is 50.1 Å². The lowest BCUT2D eigenvalue weighted by Crippen LogP contribution is -2.49. The Morgan fingerprint density at radius 2 is 2.17 bits per heavy atom. The molecule has 0 spiro atoms. The van der Waals surface area contributed by atoms with Gasteiger partial charge in [0.25, 0.3) is 5.91 Å². The summed E-state index contributed by atoms with van der Waals surface area (Å²) in [7, 11) is 1.97. The molecule has 0 radical (unpaired) electrons. The number of halogens is 1. The maximum Gasteiger partial charge on any atom is 0.263 e. The average molecular weight is 383 g/mol. The Bertz CT molecular complexity index is 519. The highest BCUT2D eigenvalue weighted by Crippen LogP contribution is 2.27. The van der Waals surface area contributed by atoms with Crippen molar-refractivity contribution in [3.8, 4) is 5.75 Å². The van der Waals surface area contributed by atoms with Gasteiger partial charge in [0.1, 0.15) is 5.75 Å². The van der Waals surface area contributed by atoms with Gasteiger partial charge in [0.2, 0.25) is 0 Å². The fourth-order valence-corrected chi connectivity index (χ4v) is 3.43. The molecule has 5 heteroatoms. The standard InChI is InChI=1S/C18H27BrN2O2/c1-13(2)17(23-16-9-5-4-8-15(16)19)18(22)21-10-6-7-14(12-21)11-20-3/h4-5,8-9,13-14,17,20H,6-7,10-12H2,1-3H3. The van der Waals surface area contributed by atoms with Gasteiger partial charge in [-0.25, -0.2) is 0 Å². The summed E-state index contributed by atoms with van der Waals surface area (Å²) in [4.78, 5) is 14.9. The number of ether oxygens (including phenoxy) is 1. The monoisotopic (exact) mass is 382 g/mol. The molecular weight excluding hydrogens is 356 g/mol. The Morgan fingerprint density at radius 3 is 2.83 bits per heavy atom. The Hall–Kier alpha value is -1.07. The van der Waals surface area contributed by atoms with Gasteiger partial charge in [-0.2, -0.15) is 0 Å². The predicted molar refractivity (Wildman–Crippen MR) is 96.6 cm³/mol. The molecule has 1 saturated heterocycles. The molecule has 1 aromatic rings. The van der Waals surface area contributed by atoms with Crippen molar-refractivity contribution in [1.82, 2.24) is 10.2 Å². The van der Waals surface area contributed by atoms with Crippen molar-refractivity contribution in [1.29, 1.82) is 0 Å². The quantitative estimate of drug-likeness (QED) is 0.820. The number of carbonyl (C=O) groups excluding carboxylic acids is 1. The summed E-state index contributed by atoms with van der Waals surface area (Å²) < 4.78 is 6.94. The minimum Gasteiger partial charge on any atom is -0.479 e. The van der Waals surface area contributed by atoms with E-state index in [2.05, 4.69) is 21.2 Å². The summed E-state index contributed by atoms with van der Waals surface area (Å²) in [6.07, 6.45) is 1.81.